The molecule has 166 valence electrons. The van der Waals surface area contributed by atoms with E-state index in [0.717, 1.165) is 0 Å². The zero-order chi connectivity index (χ0) is 23.4. The lowest BCUT2D eigenvalue weighted by molar-refractivity contribution is -0.384. The Bertz CT molecular complexity index is 1240. The summed E-state index contributed by atoms with van der Waals surface area (Å²) < 4.78 is 11.8. The quantitative estimate of drug-likeness (QED) is 0.444. The molecule has 0 aliphatic carbocycles. The van der Waals surface area contributed by atoms with Gasteiger partial charge in [0.2, 0.25) is 5.43 Å². The first-order valence-electron chi connectivity index (χ1n) is 9.64. The third kappa shape index (κ3) is 4.43. The van der Waals surface area contributed by atoms with Gasteiger partial charge in [-0.25, -0.2) is 4.68 Å². The minimum absolute atomic E-state index is 0.147. The summed E-state index contributed by atoms with van der Waals surface area (Å²) in [5.74, 6) is 0.385. The summed E-state index contributed by atoms with van der Waals surface area (Å²) in [6.45, 7) is 3.31. The van der Waals surface area contributed by atoms with Gasteiger partial charge in [0.05, 0.1) is 25.2 Å². The van der Waals surface area contributed by atoms with Crippen LogP contribution in [0.15, 0.2) is 53.3 Å². The molecule has 1 amide bonds. The second-order valence-corrected chi connectivity index (χ2v) is 6.96. The van der Waals surface area contributed by atoms with Crippen molar-refractivity contribution in [3.05, 3.63) is 85.8 Å². The Hall–Kier alpha value is -4.21. The average molecular weight is 438 g/mol. The van der Waals surface area contributed by atoms with Crippen LogP contribution in [0.2, 0.25) is 0 Å². The predicted molar refractivity (Wildman–Crippen MR) is 117 cm³/mol. The van der Waals surface area contributed by atoms with Crippen molar-refractivity contribution < 1.29 is 19.2 Å². The number of carbonyl (C=O) groups is 1. The summed E-state index contributed by atoms with van der Waals surface area (Å²) >= 11 is 0. The molecule has 1 aromatic heterocycles. The number of rotatable bonds is 7. The van der Waals surface area contributed by atoms with Crippen molar-refractivity contribution in [2.75, 3.05) is 14.2 Å². The van der Waals surface area contributed by atoms with Gasteiger partial charge in [-0.1, -0.05) is 12.1 Å². The topological polar surface area (TPSA) is 126 Å². The summed E-state index contributed by atoms with van der Waals surface area (Å²) in [4.78, 5) is 36.2. The van der Waals surface area contributed by atoms with Crippen LogP contribution in [0.4, 0.5) is 5.69 Å². The van der Waals surface area contributed by atoms with Crippen molar-refractivity contribution in [3.63, 3.8) is 0 Å². The zero-order valence-corrected chi connectivity index (χ0v) is 18.0. The molecule has 0 radical (unpaired) electrons. The number of aryl methyl sites for hydroxylation is 1. The number of hydrogen-bond donors (Lipinski definition) is 1. The third-order valence-corrected chi connectivity index (χ3v) is 4.88. The molecule has 0 saturated carbocycles. The van der Waals surface area contributed by atoms with Gasteiger partial charge in [-0.3, -0.25) is 19.7 Å². The number of carbonyl (C=O) groups excluding carboxylic acids is 1. The van der Waals surface area contributed by atoms with Gasteiger partial charge in [0, 0.05) is 29.5 Å². The lowest BCUT2D eigenvalue weighted by Crippen LogP contribution is -2.33. The second-order valence-electron chi connectivity index (χ2n) is 6.96. The Kier molecular flexibility index (Phi) is 6.53. The summed E-state index contributed by atoms with van der Waals surface area (Å²) in [5, 5.41) is 18.3. The molecular weight excluding hydrogens is 416 g/mol. The van der Waals surface area contributed by atoms with E-state index in [9.17, 15) is 19.7 Å². The van der Waals surface area contributed by atoms with E-state index in [0.29, 0.717) is 22.8 Å². The number of benzene rings is 2. The van der Waals surface area contributed by atoms with Crippen LogP contribution < -0.4 is 20.2 Å². The van der Waals surface area contributed by atoms with E-state index in [2.05, 4.69) is 10.4 Å². The molecular formula is C22H22N4O6. The molecule has 3 rings (SSSR count). The average Bonchev–Trinajstić information content (AvgIpc) is 2.78. The number of methoxy groups -OCH3 is 2. The highest BCUT2D eigenvalue weighted by Gasteiger charge is 2.22. The maximum Gasteiger partial charge on any atom is 0.294 e. The number of ether oxygens (including phenoxy) is 2. The van der Waals surface area contributed by atoms with Gasteiger partial charge < -0.3 is 14.8 Å². The fourth-order valence-corrected chi connectivity index (χ4v) is 3.27. The van der Waals surface area contributed by atoms with E-state index < -0.39 is 22.3 Å². The standard InChI is InChI=1S/C22H22N4O6/c1-13-11-19(27)21(24-25(13)17-7-5-6-8-18(17)26(29)30)22(28)23-14(2)16-10-9-15(31-3)12-20(16)32-4/h5-12,14H,1-4H3,(H,23,28). The minimum atomic E-state index is -0.715. The maximum atomic E-state index is 12.9. The largest absolute Gasteiger partial charge is 0.497 e. The molecule has 1 N–H and O–H groups in total. The summed E-state index contributed by atoms with van der Waals surface area (Å²) in [6, 6.07) is 11.8. The Morgan fingerprint density at radius 2 is 1.88 bits per heavy atom. The van der Waals surface area contributed by atoms with Crippen molar-refractivity contribution in [2.24, 2.45) is 0 Å². The third-order valence-electron chi connectivity index (χ3n) is 4.88. The van der Waals surface area contributed by atoms with Gasteiger partial charge in [-0.15, -0.1) is 0 Å². The van der Waals surface area contributed by atoms with Gasteiger partial charge in [0.15, 0.2) is 5.69 Å². The van der Waals surface area contributed by atoms with Crippen LogP contribution in [0.25, 0.3) is 5.69 Å². The smallest absolute Gasteiger partial charge is 0.294 e. The minimum Gasteiger partial charge on any atom is -0.497 e. The first kappa shape index (κ1) is 22.5. The number of nitrogens with one attached hydrogen (secondary N) is 1. The second kappa shape index (κ2) is 9.29. The molecule has 10 heteroatoms. The molecule has 1 atom stereocenters. The van der Waals surface area contributed by atoms with Crippen molar-refractivity contribution >= 4 is 11.6 Å². The number of nitro benzene ring substituents is 1. The van der Waals surface area contributed by atoms with Gasteiger partial charge in [-0.2, -0.15) is 5.10 Å². The van der Waals surface area contributed by atoms with Crippen LogP contribution >= 0.6 is 0 Å². The Balaban J connectivity index is 1.97. The Labute approximate surface area is 183 Å². The molecule has 0 aliphatic rings. The molecule has 1 unspecified atom stereocenters. The molecule has 3 aromatic rings. The Morgan fingerprint density at radius 1 is 1.16 bits per heavy atom. The first-order valence-corrected chi connectivity index (χ1v) is 9.64. The molecule has 0 saturated heterocycles. The highest BCUT2D eigenvalue weighted by atomic mass is 16.6. The normalized spacial score (nSPS) is 11.5. The molecule has 0 fully saturated rings. The van der Waals surface area contributed by atoms with E-state index >= 15 is 0 Å². The van der Waals surface area contributed by atoms with Crippen LogP contribution in [-0.4, -0.2) is 34.8 Å². The Morgan fingerprint density at radius 3 is 2.53 bits per heavy atom. The molecule has 1 heterocycles. The highest BCUT2D eigenvalue weighted by Crippen LogP contribution is 2.29. The monoisotopic (exact) mass is 438 g/mol. The van der Waals surface area contributed by atoms with Crippen molar-refractivity contribution in [3.8, 4) is 17.2 Å². The molecule has 2 aromatic carbocycles. The van der Waals surface area contributed by atoms with E-state index in [1.165, 1.54) is 43.2 Å². The number of amides is 1. The van der Waals surface area contributed by atoms with Crippen LogP contribution in [0.3, 0.4) is 0 Å². The number of aromatic nitrogens is 2. The van der Waals surface area contributed by atoms with Crippen LogP contribution in [0.5, 0.6) is 11.5 Å². The van der Waals surface area contributed by atoms with E-state index in [-0.39, 0.29) is 17.1 Å². The predicted octanol–water partition coefficient (Wildman–Crippen LogP) is 2.96. The summed E-state index contributed by atoms with van der Waals surface area (Å²) in [5.41, 5.74) is -0.00122. The summed E-state index contributed by atoms with van der Waals surface area (Å²) in [6.07, 6.45) is 0. The lowest BCUT2D eigenvalue weighted by Gasteiger charge is -2.18. The van der Waals surface area contributed by atoms with Gasteiger partial charge >= 0.3 is 0 Å². The highest BCUT2D eigenvalue weighted by molar-refractivity contribution is 5.92. The van der Waals surface area contributed by atoms with Gasteiger partial charge in [-0.05, 0) is 32.0 Å². The maximum absolute atomic E-state index is 12.9. The van der Waals surface area contributed by atoms with Crippen LogP contribution in [0.1, 0.15) is 34.7 Å². The van der Waals surface area contributed by atoms with Gasteiger partial charge in [0.1, 0.15) is 17.2 Å². The lowest BCUT2D eigenvalue weighted by atomic mass is 10.1. The van der Waals surface area contributed by atoms with E-state index in [1.54, 1.807) is 38.1 Å². The van der Waals surface area contributed by atoms with E-state index in [4.69, 9.17) is 9.47 Å². The molecule has 32 heavy (non-hydrogen) atoms. The van der Waals surface area contributed by atoms with Crippen LogP contribution in [0, 0.1) is 17.0 Å². The van der Waals surface area contributed by atoms with Crippen LogP contribution in [-0.2, 0) is 0 Å². The number of hydrogen-bond acceptors (Lipinski definition) is 7. The van der Waals surface area contributed by atoms with E-state index in [1.807, 2.05) is 0 Å². The molecule has 0 bridgehead atoms. The molecule has 10 nitrogen and oxygen atoms in total. The van der Waals surface area contributed by atoms with Crippen molar-refractivity contribution in [2.45, 2.75) is 19.9 Å². The zero-order valence-electron chi connectivity index (χ0n) is 18.0. The number of nitro groups is 1. The fourth-order valence-electron chi connectivity index (χ4n) is 3.27. The SMILES string of the molecule is COc1ccc(C(C)NC(=O)c2nn(-c3ccccc3[N+](=O)[O-])c(C)cc2=O)c(OC)c1. The summed E-state index contributed by atoms with van der Waals surface area (Å²) in [7, 11) is 3.03. The molecule has 0 spiro atoms. The molecule has 0 aliphatic heterocycles. The number of nitrogens with zero attached hydrogens (tertiary/aromatic N) is 3. The van der Waals surface area contributed by atoms with Crippen molar-refractivity contribution in [1.29, 1.82) is 0 Å². The van der Waals surface area contributed by atoms with Gasteiger partial charge in [0.25, 0.3) is 11.6 Å². The van der Waals surface area contributed by atoms with Crippen molar-refractivity contribution in [1.82, 2.24) is 15.1 Å². The fraction of sp³-hybridized carbons (Fsp3) is 0.227. The number of para-hydroxylation sites is 2. The first-order chi connectivity index (χ1) is 15.3.